The second-order valence-electron chi connectivity index (χ2n) is 7.20. The molecule has 0 bridgehead atoms. The van der Waals surface area contributed by atoms with Gasteiger partial charge in [-0.05, 0) is 70.8 Å². The Kier molecular flexibility index (Phi) is 4.66. The molecule has 0 amide bonds. The molecule has 132 valence electrons. The van der Waals surface area contributed by atoms with Gasteiger partial charge in [0.2, 0.25) is 0 Å². The molecule has 3 aromatic carbocycles. The largest absolute Gasteiger partial charge is 0.508 e. The first kappa shape index (κ1) is 16.7. The lowest BCUT2D eigenvalue weighted by Gasteiger charge is -2.26. The lowest BCUT2D eigenvalue weighted by atomic mass is 9.78. The molecule has 4 rings (SSSR count). The van der Waals surface area contributed by atoms with Crippen molar-refractivity contribution >= 4 is 0 Å². The molecule has 2 heteroatoms. The third kappa shape index (κ3) is 3.32. The van der Waals surface area contributed by atoms with Crippen LogP contribution in [0.15, 0.2) is 66.7 Å². The van der Waals surface area contributed by atoms with Crippen LogP contribution in [0, 0.1) is 0 Å². The summed E-state index contributed by atoms with van der Waals surface area (Å²) in [6.07, 6.45) is 6.41. The van der Waals surface area contributed by atoms with Crippen LogP contribution in [0.5, 0.6) is 11.5 Å². The van der Waals surface area contributed by atoms with Crippen molar-refractivity contribution < 1.29 is 10.2 Å². The van der Waals surface area contributed by atoms with E-state index in [4.69, 9.17) is 0 Å². The highest BCUT2D eigenvalue weighted by molar-refractivity contribution is 5.86. The van der Waals surface area contributed by atoms with Gasteiger partial charge in [-0.2, -0.15) is 0 Å². The third-order valence-corrected chi connectivity index (χ3v) is 5.48. The Morgan fingerprint density at radius 1 is 0.615 bits per heavy atom. The van der Waals surface area contributed by atoms with Gasteiger partial charge in [-0.3, -0.25) is 0 Å². The van der Waals surface area contributed by atoms with Crippen LogP contribution in [0.25, 0.3) is 22.3 Å². The average Bonchev–Trinajstić information content (AvgIpc) is 2.69. The standard InChI is InChI=1S/C24H24O2/c25-20-13-9-18(10-14-20)23-8-4-7-22(17-5-2-1-3-6-17)24(23)19-11-15-21(26)16-12-19/h4,7-17,25-26H,1-3,5-6H2. The van der Waals surface area contributed by atoms with E-state index in [1.807, 2.05) is 24.3 Å². The molecular weight excluding hydrogens is 320 g/mol. The summed E-state index contributed by atoms with van der Waals surface area (Å²) < 4.78 is 0. The zero-order valence-corrected chi connectivity index (χ0v) is 14.9. The molecule has 0 unspecified atom stereocenters. The van der Waals surface area contributed by atoms with Crippen molar-refractivity contribution in [1.29, 1.82) is 0 Å². The highest BCUT2D eigenvalue weighted by Crippen LogP contribution is 2.43. The molecule has 3 aromatic rings. The van der Waals surface area contributed by atoms with Crippen molar-refractivity contribution in [3.63, 3.8) is 0 Å². The van der Waals surface area contributed by atoms with Crippen molar-refractivity contribution in [2.24, 2.45) is 0 Å². The summed E-state index contributed by atoms with van der Waals surface area (Å²) in [5.74, 6) is 1.16. The van der Waals surface area contributed by atoms with Gasteiger partial charge in [0, 0.05) is 0 Å². The molecule has 2 N–H and O–H groups in total. The zero-order valence-electron chi connectivity index (χ0n) is 14.9. The maximum Gasteiger partial charge on any atom is 0.115 e. The summed E-state index contributed by atoms with van der Waals surface area (Å²) in [5, 5.41) is 19.4. The Bertz CT molecular complexity index is 873. The Balaban J connectivity index is 1.90. The van der Waals surface area contributed by atoms with Gasteiger partial charge >= 0.3 is 0 Å². The van der Waals surface area contributed by atoms with Crippen molar-refractivity contribution in [3.8, 4) is 33.8 Å². The van der Waals surface area contributed by atoms with Crippen molar-refractivity contribution in [3.05, 3.63) is 72.3 Å². The highest BCUT2D eigenvalue weighted by atomic mass is 16.3. The number of rotatable bonds is 3. The molecule has 0 atom stereocenters. The minimum Gasteiger partial charge on any atom is -0.508 e. The summed E-state index contributed by atoms with van der Waals surface area (Å²) in [6.45, 7) is 0. The van der Waals surface area contributed by atoms with E-state index in [0.29, 0.717) is 5.92 Å². The number of hydrogen-bond acceptors (Lipinski definition) is 2. The van der Waals surface area contributed by atoms with Crippen LogP contribution in [0.3, 0.4) is 0 Å². The number of phenolic OH excluding ortho intramolecular Hbond substituents is 2. The van der Waals surface area contributed by atoms with Gasteiger partial charge in [-0.1, -0.05) is 61.7 Å². The molecule has 0 aliphatic heterocycles. The van der Waals surface area contributed by atoms with Gasteiger partial charge < -0.3 is 10.2 Å². The molecule has 26 heavy (non-hydrogen) atoms. The first-order chi connectivity index (χ1) is 12.7. The second kappa shape index (κ2) is 7.25. The first-order valence-electron chi connectivity index (χ1n) is 9.44. The number of benzene rings is 3. The Labute approximate surface area is 154 Å². The fourth-order valence-corrected chi connectivity index (χ4v) is 4.16. The second-order valence-corrected chi connectivity index (χ2v) is 7.20. The molecule has 0 heterocycles. The van der Waals surface area contributed by atoms with Crippen LogP contribution in [0.4, 0.5) is 0 Å². The molecule has 0 spiro atoms. The lowest BCUT2D eigenvalue weighted by Crippen LogP contribution is -2.06. The summed E-state index contributed by atoms with van der Waals surface area (Å²) in [7, 11) is 0. The van der Waals surface area contributed by atoms with Crippen molar-refractivity contribution in [2.75, 3.05) is 0 Å². The fraction of sp³-hybridized carbons (Fsp3) is 0.250. The maximum absolute atomic E-state index is 9.71. The highest BCUT2D eigenvalue weighted by Gasteiger charge is 2.21. The van der Waals surface area contributed by atoms with E-state index < -0.39 is 0 Å². The first-order valence-corrected chi connectivity index (χ1v) is 9.44. The average molecular weight is 344 g/mol. The summed E-state index contributed by atoms with van der Waals surface area (Å²) in [4.78, 5) is 0. The number of phenols is 2. The molecule has 0 radical (unpaired) electrons. The van der Waals surface area contributed by atoms with E-state index >= 15 is 0 Å². The zero-order chi connectivity index (χ0) is 17.9. The lowest BCUT2D eigenvalue weighted by molar-refractivity contribution is 0.444. The van der Waals surface area contributed by atoms with Gasteiger partial charge in [0.25, 0.3) is 0 Å². The van der Waals surface area contributed by atoms with Crippen LogP contribution in [-0.2, 0) is 0 Å². The van der Waals surface area contributed by atoms with Crippen molar-refractivity contribution in [1.82, 2.24) is 0 Å². The van der Waals surface area contributed by atoms with Crippen LogP contribution in [0.2, 0.25) is 0 Å². The van der Waals surface area contributed by atoms with E-state index in [1.54, 1.807) is 24.3 Å². The molecule has 1 aliphatic carbocycles. The third-order valence-electron chi connectivity index (χ3n) is 5.48. The van der Waals surface area contributed by atoms with Gasteiger partial charge in [-0.15, -0.1) is 0 Å². The summed E-state index contributed by atoms with van der Waals surface area (Å²) in [5.41, 5.74) is 6.07. The van der Waals surface area contributed by atoms with Crippen LogP contribution >= 0.6 is 0 Å². The maximum atomic E-state index is 9.71. The van der Waals surface area contributed by atoms with Gasteiger partial charge in [0.15, 0.2) is 0 Å². The molecule has 1 fully saturated rings. The minimum absolute atomic E-state index is 0.281. The van der Waals surface area contributed by atoms with Crippen LogP contribution < -0.4 is 0 Å². The fourth-order valence-electron chi connectivity index (χ4n) is 4.16. The molecule has 1 aliphatic rings. The molecule has 0 aromatic heterocycles. The van der Waals surface area contributed by atoms with E-state index in [-0.39, 0.29) is 11.5 Å². The number of hydrogen-bond donors (Lipinski definition) is 2. The SMILES string of the molecule is Oc1ccc(-c2cccc(C3CCCCC3)c2-c2ccc(O)cc2)cc1. The summed E-state index contributed by atoms with van der Waals surface area (Å²) >= 11 is 0. The van der Waals surface area contributed by atoms with E-state index in [1.165, 1.54) is 48.8 Å². The minimum atomic E-state index is 0.281. The quantitative estimate of drug-likeness (QED) is 0.571. The van der Waals surface area contributed by atoms with E-state index in [0.717, 1.165) is 11.1 Å². The molecule has 0 saturated heterocycles. The van der Waals surface area contributed by atoms with Crippen LogP contribution in [0.1, 0.15) is 43.6 Å². The topological polar surface area (TPSA) is 40.5 Å². The monoisotopic (exact) mass is 344 g/mol. The smallest absolute Gasteiger partial charge is 0.115 e. The Morgan fingerprint density at radius 2 is 1.19 bits per heavy atom. The Hall–Kier alpha value is -2.74. The van der Waals surface area contributed by atoms with Crippen LogP contribution in [-0.4, -0.2) is 10.2 Å². The Morgan fingerprint density at radius 3 is 1.81 bits per heavy atom. The van der Waals surface area contributed by atoms with Gasteiger partial charge in [0.05, 0.1) is 0 Å². The summed E-state index contributed by atoms with van der Waals surface area (Å²) in [6, 6.07) is 21.5. The van der Waals surface area contributed by atoms with Gasteiger partial charge in [0.1, 0.15) is 11.5 Å². The predicted octanol–water partition coefficient (Wildman–Crippen LogP) is 6.48. The van der Waals surface area contributed by atoms with E-state index in [2.05, 4.69) is 18.2 Å². The molecule has 2 nitrogen and oxygen atoms in total. The van der Waals surface area contributed by atoms with E-state index in [9.17, 15) is 10.2 Å². The predicted molar refractivity (Wildman–Crippen MR) is 106 cm³/mol. The molecular formula is C24H24O2. The molecule has 1 saturated carbocycles. The van der Waals surface area contributed by atoms with Gasteiger partial charge in [-0.25, -0.2) is 0 Å². The normalized spacial score (nSPS) is 15.1. The van der Waals surface area contributed by atoms with Crippen molar-refractivity contribution in [2.45, 2.75) is 38.0 Å². The number of aromatic hydroxyl groups is 2.